The van der Waals surface area contributed by atoms with Crippen LogP contribution in [0.1, 0.15) is 22.3 Å². The van der Waals surface area contributed by atoms with Crippen molar-refractivity contribution in [2.24, 2.45) is 0 Å². The number of para-hydroxylation sites is 2. The van der Waals surface area contributed by atoms with Crippen molar-refractivity contribution in [3.05, 3.63) is 271 Å². The number of fused-ring (bicyclic) bond motifs is 15. The summed E-state index contributed by atoms with van der Waals surface area (Å²) in [6, 6.07) is 91.4. The van der Waals surface area contributed by atoms with Gasteiger partial charge in [-0.3, -0.25) is 0 Å². The summed E-state index contributed by atoms with van der Waals surface area (Å²) in [5.74, 6) is 0. The molecule has 0 bridgehead atoms. The summed E-state index contributed by atoms with van der Waals surface area (Å²) in [6.07, 6.45) is 0. The van der Waals surface area contributed by atoms with Crippen molar-refractivity contribution < 1.29 is 4.42 Å². The molecule has 312 valence electrons. The van der Waals surface area contributed by atoms with Gasteiger partial charge in [-0.1, -0.05) is 206 Å². The van der Waals surface area contributed by atoms with Crippen LogP contribution in [0.25, 0.3) is 88.3 Å². The Hall–Kier alpha value is -8.72. The van der Waals surface area contributed by atoms with E-state index in [-0.39, 0.29) is 0 Å². The molecular formula is C65H41NO. The highest BCUT2D eigenvalue weighted by molar-refractivity contribution is 6.16. The van der Waals surface area contributed by atoms with E-state index in [2.05, 4.69) is 248 Å². The quantitative estimate of drug-likeness (QED) is 0.166. The zero-order valence-corrected chi connectivity index (χ0v) is 36.5. The largest absolute Gasteiger partial charge is 0.455 e. The lowest BCUT2D eigenvalue weighted by molar-refractivity contribution is 0.672. The van der Waals surface area contributed by atoms with Crippen LogP contribution in [-0.4, -0.2) is 0 Å². The average molecular weight is 852 g/mol. The van der Waals surface area contributed by atoms with Crippen molar-refractivity contribution in [2.75, 3.05) is 4.90 Å². The molecule has 1 aromatic heterocycles. The van der Waals surface area contributed by atoms with Crippen LogP contribution in [0.3, 0.4) is 0 Å². The highest BCUT2D eigenvalue weighted by Gasteiger charge is 2.53. The van der Waals surface area contributed by atoms with Gasteiger partial charge in [-0.2, -0.15) is 0 Å². The van der Waals surface area contributed by atoms with Crippen LogP contribution < -0.4 is 4.90 Å². The topological polar surface area (TPSA) is 16.4 Å². The number of benzene rings is 11. The summed E-state index contributed by atoms with van der Waals surface area (Å²) in [7, 11) is 0. The van der Waals surface area contributed by atoms with Crippen LogP contribution in [0.4, 0.5) is 17.1 Å². The molecule has 14 rings (SSSR count). The standard InChI is InChI=1S/C65H41NO/c1-3-17-42(18-4-1)43-35-38-47(39-36-43)66(59-30-13-9-21-48(59)46-34-33-45-37-40-51-50-22-10-14-32-61(50)67-64(51)54(45)41-46)60-31-16-29-58-63(60)53-24-8-12-27-56(53)65(58)55-26-11-7-23-52(55)62-49(25-15-28-57(62)65)44-19-5-2-6-20-44/h1-41H. The minimum atomic E-state index is -0.530. The average Bonchev–Trinajstić information content (AvgIpc) is 4.04. The molecule has 0 aliphatic heterocycles. The predicted octanol–water partition coefficient (Wildman–Crippen LogP) is 17.6. The van der Waals surface area contributed by atoms with Crippen LogP contribution in [0, 0.1) is 0 Å². The van der Waals surface area contributed by atoms with Gasteiger partial charge in [0.2, 0.25) is 0 Å². The van der Waals surface area contributed by atoms with Crippen molar-refractivity contribution in [1.29, 1.82) is 0 Å². The fourth-order valence-corrected chi connectivity index (χ4v) is 11.7. The van der Waals surface area contributed by atoms with Gasteiger partial charge in [0.25, 0.3) is 0 Å². The maximum Gasteiger partial charge on any atom is 0.143 e. The van der Waals surface area contributed by atoms with Crippen molar-refractivity contribution in [2.45, 2.75) is 5.41 Å². The van der Waals surface area contributed by atoms with Crippen LogP contribution in [0.15, 0.2) is 253 Å². The van der Waals surface area contributed by atoms with E-state index in [1.165, 1.54) is 66.8 Å². The molecule has 1 atom stereocenters. The lowest BCUT2D eigenvalue weighted by atomic mass is 9.70. The van der Waals surface area contributed by atoms with Gasteiger partial charge in [0, 0.05) is 33.0 Å². The third kappa shape index (κ3) is 5.45. The minimum Gasteiger partial charge on any atom is -0.455 e. The fraction of sp³-hybridized carbons (Fsp3) is 0.0154. The van der Waals surface area contributed by atoms with Gasteiger partial charge in [-0.15, -0.1) is 0 Å². The summed E-state index contributed by atoms with van der Waals surface area (Å²) in [6.45, 7) is 0. The molecule has 2 nitrogen and oxygen atoms in total. The molecule has 12 aromatic rings. The second kappa shape index (κ2) is 14.7. The molecule has 1 spiro atoms. The molecule has 0 saturated heterocycles. The molecular weight excluding hydrogens is 811 g/mol. The smallest absolute Gasteiger partial charge is 0.143 e. The third-order valence-corrected chi connectivity index (χ3v) is 14.5. The zero-order chi connectivity index (χ0) is 44.1. The number of furan rings is 1. The van der Waals surface area contributed by atoms with Crippen LogP contribution in [0.2, 0.25) is 0 Å². The normalized spacial score (nSPS) is 14.3. The summed E-state index contributed by atoms with van der Waals surface area (Å²) in [5.41, 5.74) is 22.1. The maximum atomic E-state index is 6.62. The van der Waals surface area contributed by atoms with E-state index < -0.39 is 5.41 Å². The van der Waals surface area contributed by atoms with Gasteiger partial charge in [-0.25, -0.2) is 0 Å². The van der Waals surface area contributed by atoms with Crippen molar-refractivity contribution in [1.82, 2.24) is 0 Å². The Morgan fingerprint density at radius 3 is 1.63 bits per heavy atom. The van der Waals surface area contributed by atoms with Gasteiger partial charge in [0.1, 0.15) is 11.2 Å². The predicted molar refractivity (Wildman–Crippen MR) is 279 cm³/mol. The van der Waals surface area contributed by atoms with Crippen LogP contribution in [0.5, 0.6) is 0 Å². The number of anilines is 3. The first-order valence-electron chi connectivity index (χ1n) is 23.2. The number of hydrogen-bond donors (Lipinski definition) is 0. The molecule has 2 aliphatic rings. The molecule has 1 heterocycles. The van der Waals surface area contributed by atoms with E-state index in [0.29, 0.717) is 0 Å². The van der Waals surface area contributed by atoms with Gasteiger partial charge in [0.15, 0.2) is 0 Å². The minimum absolute atomic E-state index is 0.530. The third-order valence-electron chi connectivity index (χ3n) is 14.5. The molecule has 1 unspecified atom stereocenters. The summed E-state index contributed by atoms with van der Waals surface area (Å²) in [5, 5.41) is 4.52. The Morgan fingerprint density at radius 2 is 0.851 bits per heavy atom. The van der Waals surface area contributed by atoms with Gasteiger partial charge in [0.05, 0.1) is 16.8 Å². The Morgan fingerprint density at radius 1 is 0.313 bits per heavy atom. The molecule has 0 fully saturated rings. The van der Waals surface area contributed by atoms with Crippen molar-refractivity contribution in [3.63, 3.8) is 0 Å². The highest BCUT2D eigenvalue weighted by atomic mass is 16.3. The first-order chi connectivity index (χ1) is 33.3. The monoisotopic (exact) mass is 851 g/mol. The van der Waals surface area contributed by atoms with Gasteiger partial charge >= 0.3 is 0 Å². The Kier molecular flexibility index (Phi) is 8.23. The zero-order valence-electron chi connectivity index (χ0n) is 36.5. The lowest BCUT2D eigenvalue weighted by Crippen LogP contribution is -2.26. The van der Waals surface area contributed by atoms with Gasteiger partial charge in [-0.05, 0) is 115 Å². The van der Waals surface area contributed by atoms with E-state index in [1.807, 2.05) is 6.07 Å². The van der Waals surface area contributed by atoms with E-state index in [4.69, 9.17) is 4.42 Å². The summed E-state index contributed by atoms with van der Waals surface area (Å²) < 4.78 is 6.62. The second-order valence-corrected chi connectivity index (χ2v) is 17.9. The highest BCUT2D eigenvalue weighted by Crippen LogP contribution is 2.66. The number of rotatable bonds is 6. The van der Waals surface area contributed by atoms with Crippen LogP contribution >= 0.6 is 0 Å². The maximum absolute atomic E-state index is 6.62. The summed E-state index contributed by atoms with van der Waals surface area (Å²) >= 11 is 0. The Bertz CT molecular complexity index is 3920. The van der Waals surface area contributed by atoms with E-state index >= 15 is 0 Å². The van der Waals surface area contributed by atoms with E-state index in [9.17, 15) is 0 Å². The van der Waals surface area contributed by atoms with Crippen LogP contribution in [-0.2, 0) is 5.41 Å². The van der Waals surface area contributed by atoms with Crippen molar-refractivity contribution in [3.8, 4) is 55.6 Å². The summed E-state index contributed by atoms with van der Waals surface area (Å²) in [4.78, 5) is 2.51. The first-order valence-corrected chi connectivity index (χ1v) is 23.2. The number of hydrogen-bond acceptors (Lipinski definition) is 2. The molecule has 11 aromatic carbocycles. The molecule has 0 saturated carbocycles. The van der Waals surface area contributed by atoms with Gasteiger partial charge < -0.3 is 9.32 Å². The number of nitrogens with zero attached hydrogens (tertiary/aromatic N) is 1. The lowest BCUT2D eigenvalue weighted by Gasteiger charge is -2.32. The molecule has 0 amide bonds. The van der Waals surface area contributed by atoms with E-state index in [1.54, 1.807) is 0 Å². The van der Waals surface area contributed by atoms with E-state index in [0.717, 1.165) is 60.9 Å². The molecule has 67 heavy (non-hydrogen) atoms. The Labute approximate surface area is 389 Å². The molecule has 2 heteroatoms. The molecule has 0 N–H and O–H groups in total. The Balaban J connectivity index is 1.03. The molecule has 2 aliphatic carbocycles. The van der Waals surface area contributed by atoms with Crippen molar-refractivity contribution >= 4 is 49.8 Å². The second-order valence-electron chi connectivity index (χ2n) is 17.9. The first kappa shape index (κ1) is 37.6. The SMILES string of the molecule is c1ccc(-c2ccc(N(c3ccccc3-c3ccc4ccc5c6ccccc6oc5c4c3)c3cccc4c3-c3ccccc3C43c4ccccc4-c4c(-c5ccccc5)cccc43)cc2)cc1. The fourth-order valence-electron chi connectivity index (χ4n) is 11.7. The molecule has 0 radical (unpaired) electrons.